The number of ether oxygens (including phenoxy) is 2. The highest BCUT2D eigenvalue weighted by atomic mass is 35.5. The zero-order valence-corrected chi connectivity index (χ0v) is 18.0. The van der Waals surface area contributed by atoms with E-state index in [0.717, 1.165) is 29.7 Å². The molecule has 5 nitrogen and oxygen atoms in total. The van der Waals surface area contributed by atoms with Gasteiger partial charge >= 0.3 is 5.97 Å². The van der Waals surface area contributed by atoms with Gasteiger partial charge in [0, 0.05) is 9.90 Å². The topological polar surface area (TPSA) is 64.6 Å². The highest BCUT2D eigenvalue weighted by Gasteiger charge is 2.29. The molecule has 0 fully saturated rings. The third-order valence-electron chi connectivity index (χ3n) is 4.50. The number of halogens is 2. The molecule has 1 aromatic heterocycles. The summed E-state index contributed by atoms with van der Waals surface area (Å²) in [4.78, 5) is 26.1. The second kappa shape index (κ2) is 9.16. The molecule has 1 heterocycles. The summed E-state index contributed by atoms with van der Waals surface area (Å²) in [7, 11) is 0. The molecule has 8 heteroatoms. The van der Waals surface area contributed by atoms with Crippen molar-refractivity contribution in [3.63, 3.8) is 0 Å². The average Bonchev–Trinajstić information content (AvgIpc) is 2.97. The molecule has 1 aromatic carbocycles. The van der Waals surface area contributed by atoms with Gasteiger partial charge in [0.1, 0.15) is 10.8 Å². The smallest absolute Gasteiger partial charge is 0.341 e. The largest absolute Gasteiger partial charge is 0.482 e. The van der Waals surface area contributed by atoms with Crippen LogP contribution in [0.4, 0.5) is 5.00 Å². The van der Waals surface area contributed by atoms with Crippen LogP contribution < -0.4 is 10.1 Å². The maximum absolute atomic E-state index is 12.5. The third kappa shape index (κ3) is 4.80. The van der Waals surface area contributed by atoms with Crippen LogP contribution in [0.2, 0.25) is 10.0 Å². The minimum absolute atomic E-state index is 0.234. The first kappa shape index (κ1) is 21.0. The molecule has 28 heavy (non-hydrogen) atoms. The van der Waals surface area contributed by atoms with Crippen molar-refractivity contribution >= 4 is 51.4 Å². The number of rotatable bonds is 6. The number of anilines is 1. The molecule has 0 radical (unpaired) electrons. The van der Waals surface area contributed by atoms with Crippen LogP contribution in [-0.2, 0) is 22.4 Å². The van der Waals surface area contributed by atoms with Crippen molar-refractivity contribution in [1.29, 1.82) is 0 Å². The Bertz CT molecular complexity index is 897. The lowest BCUT2D eigenvalue weighted by atomic mass is 9.88. The zero-order chi connectivity index (χ0) is 20.3. The molecule has 1 aliphatic rings. The van der Waals surface area contributed by atoms with Crippen molar-refractivity contribution in [3.8, 4) is 5.75 Å². The van der Waals surface area contributed by atoms with E-state index in [9.17, 15) is 9.59 Å². The summed E-state index contributed by atoms with van der Waals surface area (Å²) in [5, 5.41) is 4.14. The van der Waals surface area contributed by atoms with E-state index >= 15 is 0 Å². The number of esters is 1. The van der Waals surface area contributed by atoms with Gasteiger partial charge in [-0.3, -0.25) is 4.79 Å². The van der Waals surface area contributed by atoms with E-state index in [-0.39, 0.29) is 19.1 Å². The Morgan fingerprint density at radius 2 is 2.11 bits per heavy atom. The van der Waals surface area contributed by atoms with E-state index < -0.39 is 5.97 Å². The number of nitrogens with one attached hydrogen (secondary N) is 1. The summed E-state index contributed by atoms with van der Waals surface area (Å²) in [6.07, 6.45) is 2.73. The number of benzene rings is 1. The van der Waals surface area contributed by atoms with E-state index in [1.165, 1.54) is 11.3 Å². The summed E-state index contributed by atoms with van der Waals surface area (Å²) < 4.78 is 10.7. The number of hydrogen-bond donors (Lipinski definition) is 1. The van der Waals surface area contributed by atoms with Gasteiger partial charge in [0.25, 0.3) is 5.91 Å². The molecule has 0 spiro atoms. The Kier molecular flexibility index (Phi) is 6.86. The molecule has 1 aliphatic carbocycles. The summed E-state index contributed by atoms with van der Waals surface area (Å²) in [5.74, 6) is 0.154. The molecule has 0 aliphatic heterocycles. The monoisotopic (exact) mass is 441 g/mol. The quantitative estimate of drug-likeness (QED) is 0.611. The predicted octanol–water partition coefficient (Wildman–Crippen LogP) is 5.37. The van der Waals surface area contributed by atoms with E-state index in [1.807, 2.05) is 0 Å². The van der Waals surface area contributed by atoms with Crippen LogP contribution in [0, 0.1) is 5.92 Å². The van der Waals surface area contributed by atoms with Crippen LogP contribution in [0.3, 0.4) is 0 Å². The van der Waals surface area contributed by atoms with E-state index in [4.69, 9.17) is 32.7 Å². The lowest BCUT2D eigenvalue weighted by Crippen LogP contribution is -2.21. The van der Waals surface area contributed by atoms with Crippen molar-refractivity contribution in [2.24, 2.45) is 5.92 Å². The van der Waals surface area contributed by atoms with Crippen molar-refractivity contribution in [2.45, 2.75) is 33.1 Å². The van der Waals surface area contributed by atoms with Gasteiger partial charge in [-0.1, -0.05) is 30.1 Å². The maximum Gasteiger partial charge on any atom is 0.341 e. The molecule has 1 atom stereocenters. The van der Waals surface area contributed by atoms with Crippen LogP contribution in [0.1, 0.15) is 41.1 Å². The fourth-order valence-corrected chi connectivity index (χ4v) is 5.03. The Morgan fingerprint density at radius 3 is 2.82 bits per heavy atom. The normalized spacial score (nSPS) is 15.6. The lowest BCUT2D eigenvalue weighted by Gasteiger charge is -2.18. The number of thiophene rings is 1. The molecule has 0 bridgehead atoms. The van der Waals surface area contributed by atoms with Crippen molar-refractivity contribution in [3.05, 3.63) is 44.2 Å². The van der Waals surface area contributed by atoms with Gasteiger partial charge in [0.2, 0.25) is 0 Å². The Balaban J connectivity index is 1.75. The molecule has 3 rings (SSSR count). The van der Waals surface area contributed by atoms with Crippen LogP contribution in [0.5, 0.6) is 5.75 Å². The van der Waals surface area contributed by atoms with Crippen molar-refractivity contribution in [2.75, 3.05) is 18.5 Å². The molecule has 1 N–H and O–H groups in total. The van der Waals surface area contributed by atoms with Gasteiger partial charge in [0.15, 0.2) is 6.61 Å². The lowest BCUT2D eigenvalue weighted by molar-refractivity contribution is -0.118. The van der Waals surface area contributed by atoms with Crippen LogP contribution in [0.25, 0.3) is 0 Å². The third-order valence-corrected chi connectivity index (χ3v) is 6.20. The van der Waals surface area contributed by atoms with Crippen LogP contribution >= 0.6 is 34.5 Å². The molecular formula is C20H21Cl2NO4S. The maximum atomic E-state index is 12.5. The Hall–Kier alpha value is -1.76. The Labute approximate surface area is 177 Å². The number of carbonyl (C=O) groups is 2. The van der Waals surface area contributed by atoms with Gasteiger partial charge in [-0.05, 0) is 55.9 Å². The van der Waals surface area contributed by atoms with Gasteiger partial charge in [-0.15, -0.1) is 11.3 Å². The Morgan fingerprint density at radius 1 is 1.32 bits per heavy atom. The first-order valence-electron chi connectivity index (χ1n) is 9.08. The molecule has 2 aromatic rings. The van der Waals surface area contributed by atoms with Crippen molar-refractivity contribution in [1.82, 2.24) is 0 Å². The summed E-state index contributed by atoms with van der Waals surface area (Å²) in [5.41, 5.74) is 1.48. The minimum atomic E-state index is -0.397. The van der Waals surface area contributed by atoms with Gasteiger partial charge in [0.05, 0.1) is 17.2 Å². The zero-order valence-electron chi connectivity index (χ0n) is 15.6. The molecule has 0 saturated carbocycles. The average molecular weight is 442 g/mol. The van der Waals surface area contributed by atoms with E-state index in [0.29, 0.717) is 32.3 Å². The predicted molar refractivity (Wildman–Crippen MR) is 112 cm³/mol. The van der Waals surface area contributed by atoms with Crippen molar-refractivity contribution < 1.29 is 19.1 Å². The van der Waals surface area contributed by atoms with Gasteiger partial charge in [-0.25, -0.2) is 4.79 Å². The summed E-state index contributed by atoms with van der Waals surface area (Å²) in [6.45, 7) is 4.00. The summed E-state index contributed by atoms with van der Waals surface area (Å²) >= 11 is 13.4. The molecule has 1 amide bonds. The second-order valence-corrected chi connectivity index (χ2v) is 8.64. The van der Waals surface area contributed by atoms with Crippen LogP contribution in [0.15, 0.2) is 18.2 Å². The second-order valence-electron chi connectivity index (χ2n) is 6.69. The van der Waals surface area contributed by atoms with Gasteiger partial charge in [-0.2, -0.15) is 0 Å². The fourth-order valence-electron chi connectivity index (χ4n) is 3.16. The number of hydrogen-bond acceptors (Lipinski definition) is 5. The number of fused-ring (bicyclic) bond motifs is 1. The van der Waals surface area contributed by atoms with E-state index in [2.05, 4.69) is 12.2 Å². The molecular weight excluding hydrogens is 421 g/mol. The van der Waals surface area contributed by atoms with Crippen LogP contribution in [-0.4, -0.2) is 25.1 Å². The SMILES string of the molecule is CCOC(=O)c1c(NC(=O)COc2ccc(Cl)cc2Cl)sc2c1CC[C@@H](C)C2. The highest BCUT2D eigenvalue weighted by Crippen LogP contribution is 2.40. The number of carbonyl (C=O) groups excluding carboxylic acids is 2. The minimum Gasteiger partial charge on any atom is -0.482 e. The fraction of sp³-hybridized carbons (Fsp3) is 0.400. The standard InChI is InChI=1S/C20H21Cl2NO4S/c1-3-26-20(25)18-13-6-4-11(2)8-16(13)28-19(18)23-17(24)10-27-15-7-5-12(21)9-14(15)22/h5,7,9,11H,3-4,6,8,10H2,1-2H3,(H,23,24)/t11-/m1/s1. The first-order valence-corrected chi connectivity index (χ1v) is 10.7. The van der Waals surface area contributed by atoms with E-state index in [1.54, 1.807) is 25.1 Å². The molecule has 0 saturated heterocycles. The summed E-state index contributed by atoms with van der Waals surface area (Å²) in [6, 6.07) is 4.78. The number of amides is 1. The molecule has 150 valence electrons. The molecule has 0 unspecified atom stereocenters. The van der Waals surface area contributed by atoms with Gasteiger partial charge < -0.3 is 14.8 Å². The highest BCUT2D eigenvalue weighted by molar-refractivity contribution is 7.17. The first-order chi connectivity index (χ1) is 13.4.